The van der Waals surface area contributed by atoms with Crippen molar-refractivity contribution in [3.8, 4) is 0 Å². The Hall–Kier alpha value is -1.82. The summed E-state index contributed by atoms with van der Waals surface area (Å²) in [6.07, 6.45) is 4.11. The van der Waals surface area contributed by atoms with Gasteiger partial charge in [-0.15, -0.1) is 0 Å². The molecule has 3 N–H and O–H groups in total. The van der Waals surface area contributed by atoms with Crippen LogP contribution in [0.5, 0.6) is 0 Å². The van der Waals surface area contributed by atoms with Crippen LogP contribution >= 0.6 is 0 Å². The Balaban J connectivity index is 2.16. The average Bonchev–Trinajstić information content (AvgIpc) is 2.53. The molecule has 1 amide bonds. The monoisotopic (exact) mass is 306 g/mol. The van der Waals surface area contributed by atoms with Gasteiger partial charge >= 0.3 is 0 Å². The van der Waals surface area contributed by atoms with E-state index in [4.69, 9.17) is 5.73 Å². The number of nitrogens with two attached hydrogens (primary N) is 1. The third-order valence-electron chi connectivity index (χ3n) is 4.31. The highest BCUT2D eigenvalue weighted by molar-refractivity contribution is 5.79. The van der Waals surface area contributed by atoms with Gasteiger partial charge in [0, 0.05) is 38.4 Å². The van der Waals surface area contributed by atoms with Gasteiger partial charge in [0.15, 0.2) is 0 Å². The molecule has 0 radical (unpaired) electrons. The number of hydrogen-bond acceptors (Lipinski definition) is 4. The number of rotatable bonds is 5. The van der Waals surface area contributed by atoms with E-state index in [2.05, 4.69) is 17.1 Å². The minimum Gasteiger partial charge on any atom is -0.370 e. The van der Waals surface area contributed by atoms with Gasteiger partial charge in [-0.2, -0.15) is 0 Å². The number of anilines is 1. The SMILES string of the molecule is CC1CCN(c2ccc(=O)n(C(C)C(=O)NCCN)c2)CC1. The summed E-state index contributed by atoms with van der Waals surface area (Å²) in [6.45, 7) is 6.79. The molecule has 1 aliphatic rings. The van der Waals surface area contributed by atoms with Crippen molar-refractivity contribution < 1.29 is 4.79 Å². The van der Waals surface area contributed by atoms with Crippen LogP contribution in [0.3, 0.4) is 0 Å². The first-order valence-electron chi connectivity index (χ1n) is 7.98. The minimum absolute atomic E-state index is 0.162. The lowest BCUT2D eigenvalue weighted by atomic mass is 9.99. The Labute approximate surface area is 131 Å². The van der Waals surface area contributed by atoms with E-state index in [0.717, 1.165) is 37.5 Å². The molecule has 2 rings (SSSR count). The zero-order valence-electron chi connectivity index (χ0n) is 13.4. The highest BCUT2D eigenvalue weighted by Crippen LogP contribution is 2.22. The normalized spacial score (nSPS) is 17.3. The van der Waals surface area contributed by atoms with Gasteiger partial charge in [0.2, 0.25) is 5.91 Å². The first-order chi connectivity index (χ1) is 10.5. The molecule has 0 spiro atoms. The molecule has 22 heavy (non-hydrogen) atoms. The fraction of sp³-hybridized carbons (Fsp3) is 0.625. The van der Waals surface area contributed by atoms with Crippen LogP contribution in [0.25, 0.3) is 0 Å². The molecule has 122 valence electrons. The number of nitrogens with zero attached hydrogens (tertiary/aromatic N) is 2. The number of aromatic nitrogens is 1. The maximum atomic E-state index is 12.1. The predicted octanol–water partition coefficient (Wildman–Crippen LogP) is 0.721. The van der Waals surface area contributed by atoms with Gasteiger partial charge in [-0.25, -0.2) is 0 Å². The van der Waals surface area contributed by atoms with Crippen LogP contribution in [0.1, 0.15) is 32.7 Å². The number of hydrogen-bond donors (Lipinski definition) is 2. The number of carbonyl (C=O) groups is 1. The Morgan fingerprint density at radius 1 is 1.41 bits per heavy atom. The standard InChI is InChI=1S/C16H26N4O2/c1-12-5-9-19(10-6-12)14-3-4-15(21)20(11-14)13(2)16(22)18-8-7-17/h3-4,11-13H,5-10,17H2,1-2H3,(H,18,22). The third-order valence-corrected chi connectivity index (χ3v) is 4.31. The summed E-state index contributed by atoms with van der Waals surface area (Å²) in [5.41, 5.74) is 6.23. The number of piperidine rings is 1. The first-order valence-corrected chi connectivity index (χ1v) is 7.98. The molecule has 1 unspecified atom stereocenters. The van der Waals surface area contributed by atoms with Crippen LogP contribution in [-0.4, -0.2) is 36.7 Å². The van der Waals surface area contributed by atoms with Crippen molar-refractivity contribution in [3.63, 3.8) is 0 Å². The van der Waals surface area contributed by atoms with Gasteiger partial charge in [-0.1, -0.05) is 6.92 Å². The lowest BCUT2D eigenvalue weighted by Gasteiger charge is -2.32. The van der Waals surface area contributed by atoms with Crippen LogP contribution in [0, 0.1) is 5.92 Å². The van der Waals surface area contributed by atoms with Gasteiger partial charge in [0.1, 0.15) is 6.04 Å². The molecular formula is C16H26N4O2. The van der Waals surface area contributed by atoms with Crippen molar-refractivity contribution >= 4 is 11.6 Å². The zero-order valence-corrected chi connectivity index (χ0v) is 13.4. The zero-order chi connectivity index (χ0) is 16.1. The minimum atomic E-state index is -0.539. The molecule has 0 bridgehead atoms. The van der Waals surface area contributed by atoms with Crippen molar-refractivity contribution in [2.75, 3.05) is 31.1 Å². The molecule has 6 nitrogen and oxygen atoms in total. The summed E-state index contributed by atoms with van der Waals surface area (Å²) in [4.78, 5) is 26.4. The summed E-state index contributed by atoms with van der Waals surface area (Å²) in [7, 11) is 0. The van der Waals surface area contributed by atoms with Crippen molar-refractivity contribution in [3.05, 3.63) is 28.7 Å². The number of pyridine rings is 1. The highest BCUT2D eigenvalue weighted by atomic mass is 16.2. The Morgan fingerprint density at radius 3 is 2.73 bits per heavy atom. The smallest absolute Gasteiger partial charge is 0.251 e. The van der Waals surface area contributed by atoms with Crippen molar-refractivity contribution in [2.24, 2.45) is 11.7 Å². The van der Waals surface area contributed by atoms with Gasteiger partial charge < -0.3 is 20.5 Å². The largest absolute Gasteiger partial charge is 0.370 e. The molecule has 1 aromatic heterocycles. The molecule has 0 aromatic carbocycles. The van der Waals surface area contributed by atoms with Crippen LogP contribution in [0.2, 0.25) is 0 Å². The quantitative estimate of drug-likeness (QED) is 0.840. The molecule has 1 saturated heterocycles. The van der Waals surface area contributed by atoms with Crippen LogP contribution in [-0.2, 0) is 4.79 Å². The fourth-order valence-corrected chi connectivity index (χ4v) is 2.72. The summed E-state index contributed by atoms with van der Waals surface area (Å²) in [5, 5.41) is 2.73. The van der Waals surface area contributed by atoms with E-state index in [-0.39, 0.29) is 11.5 Å². The number of nitrogens with one attached hydrogen (secondary N) is 1. The Kier molecular flexibility index (Phi) is 5.60. The molecule has 0 saturated carbocycles. The second kappa shape index (κ2) is 7.45. The molecule has 1 aromatic rings. The van der Waals surface area contributed by atoms with Gasteiger partial charge in [0.25, 0.3) is 5.56 Å². The molecule has 6 heteroatoms. The predicted molar refractivity (Wildman–Crippen MR) is 88.1 cm³/mol. The molecular weight excluding hydrogens is 280 g/mol. The summed E-state index contributed by atoms with van der Waals surface area (Å²) in [5.74, 6) is 0.570. The summed E-state index contributed by atoms with van der Waals surface area (Å²) >= 11 is 0. The summed E-state index contributed by atoms with van der Waals surface area (Å²) in [6, 6.07) is 2.85. The maximum absolute atomic E-state index is 12.1. The van der Waals surface area contributed by atoms with Crippen LogP contribution < -0.4 is 21.5 Å². The second-order valence-electron chi connectivity index (χ2n) is 6.06. The highest BCUT2D eigenvalue weighted by Gasteiger charge is 2.19. The van der Waals surface area contributed by atoms with E-state index in [1.165, 1.54) is 4.57 Å². The second-order valence-corrected chi connectivity index (χ2v) is 6.06. The van der Waals surface area contributed by atoms with Crippen molar-refractivity contribution in [1.29, 1.82) is 0 Å². The molecule has 1 fully saturated rings. The summed E-state index contributed by atoms with van der Waals surface area (Å²) < 4.78 is 1.50. The lowest BCUT2D eigenvalue weighted by Crippen LogP contribution is -2.38. The number of carbonyl (C=O) groups excluding carboxylic acids is 1. The maximum Gasteiger partial charge on any atom is 0.251 e. The third kappa shape index (κ3) is 3.88. The Bertz CT molecular complexity index is 562. The molecule has 1 aliphatic heterocycles. The molecule has 1 atom stereocenters. The first kappa shape index (κ1) is 16.5. The van der Waals surface area contributed by atoms with E-state index < -0.39 is 6.04 Å². The van der Waals surface area contributed by atoms with Gasteiger partial charge in [0.05, 0.1) is 5.69 Å². The van der Waals surface area contributed by atoms with E-state index in [9.17, 15) is 9.59 Å². The van der Waals surface area contributed by atoms with E-state index >= 15 is 0 Å². The van der Waals surface area contributed by atoms with Crippen molar-refractivity contribution in [1.82, 2.24) is 9.88 Å². The lowest BCUT2D eigenvalue weighted by molar-refractivity contribution is -0.123. The number of amides is 1. The average molecular weight is 306 g/mol. The molecule has 0 aliphatic carbocycles. The Morgan fingerprint density at radius 2 is 2.09 bits per heavy atom. The van der Waals surface area contributed by atoms with E-state index in [1.807, 2.05) is 6.07 Å². The molecule has 2 heterocycles. The van der Waals surface area contributed by atoms with Crippen molar-refractivity contribution in [2.45, 2.75) is 32.7 Å². The van der Waals surface area contributed by atoms with E-state index in [0.29, 0.717) is 13.1 Å². The fourth-order valence-electron chi connectivity index (χ4n) is 2.72. The van der Waals surface area contributed by atoms with E-state index in [1.54, 1.807) is 19.2 Å². The van der Waals surface area contributed by atoms with Gasteiger partial charge in [-0.05, 0) is 31.7 Å². The van der Waals surface area contributed by atoms with Crippen LogP contribution in [0.4, 0.5) is 5.69 Å². The van der Waals surface area contributed by atoms with Crippen LogP contribution in [0.15, 0.2) is 23.1 Å². The van der Waals surface area contributed by atoms with Gasteiger partial charge in [-0.3, -0.25) is 9.59 Å². The topological polar surface area (TPSA) is 80.4 Å².